The molecule has 0 spiro atoms. The molecule has 0 aromatic heterocycles. The van der Waals surface area contributed by atoms with Crippen LogP contribution in [0, 0.1) is 28.6 Å². The molecule has 1 aliphatic carbocycles. The highest BCUT2D eigenvalue weighted by atomic mass is 31.2. The minimum Gasteiger partial charge on any atom is -0.497 e. The van der Waals surface area contributed by atoms with Crippen LogP contribution in [0.3, 0.4) is 0 Å². The highest BCUT2D eigenvalue weighted by Crippen LogP contribution is 2.56. The first-order valence-corrected chi connectivity index (χ1v) is 28.9. The van der Waals surface area contributed by atoms with Gasteiger partial charge in [0.25, 0.3) is 0 Å². The van der Waals surface area contributed by atoms with Gasteiger partial charge in [0.05, 0.1) is 97.2 Å². The van der Waals surface area contributed by atoms with Gasteiger partial charge in [-0.15, -0.1) is 0 Å². The molecule has 3 aliphatic heterocycles. The number of ether oxygens (including phenoxy) is 7. The standard InChI is InChI=1S/C52H71B3N2O15P2/c1-60-41-22-18-39(19-23-41)52(38-16-10-7-11-17-38,40-20-24-42(61-2)25-21-40)63-34-46-44(31-50(54)68-46)71-74(59,65-29-13-27-57)67-36-48-45(32-51(55)70-48)72-73(58,64-28-12-26-56)66-35-47-43(30-49(53)69-47)62-33-37-14-8-5-3-4-6-9-15-37/h7-8,10-11,14,16-25,37,43-51H,3-6,9,12-13,15,28-36,53-55H2,1-2H3/b14-8-/t37-,43+,44+,45+,46+,47+,48+,49+,50+,51+,73?,74?/m0/s1. The number of phosphoric ester groups is 2. The number of nitriles is 2. The molecule has 4 aliphatic rings. The molecule has 2 unspecified atom stereocenters. The van der Waals surface area contributed by atoms with Crippen LogP contribution in [0.1, 0.15) is 87.3 Å². The second-order valence-electron chi connectivity index (χ2n) is 19.3. The predicted octanol–water partition coefficient (Wildman–Crippen LogP) is 7.05. The predicted molar refractivity (Wildman–Crippen MR) is 283 cm³/mol. The molecule has 0 amide bonds. The fraction of sp³-hybridized carbons (Fsp3) is 0.577. The zero-order valence-corrected chi connectivity index (χ0v) is 45.2. The minimum atomic E-state index is -4.51. The van der Waals surface area contributed by atoms with Crippen molar-refractivity contribution < 1.29 is 69.4 Å². The molecule has 3 saturated heterocycles. The second kappa shape index (κ2) is 28.5. The largest absolute Gasteiger partial charge is 0.497 e. The first-order valence-electron chi connectivity index (χ1n) is 26.0. The molecule has 3 aromatic carbocycles. The monoisotopic (exact) mass is 1060 g/mol. The summed E-state index contributed by atoms with van der Waals surface area (Å²) in [5, 5.41) is 18.8. The summed E-state index contributed by atoms with van der Waals surface area (Å²) in [5.41, 5.74) is 1.27. The molecule has 0 radical (unpaired) electrons. The van der Waals surface area contributed by atoms with Gasteiger partial charge in [-0.05, 0) is 79.5 Å². The van der Waals surface area contributed by atoms with E-state index in [1.165, 1.54) is 19.3 Å². The highest BCUT2D eigenvalue weighted by Gasteiger charge is 2.47. The van der Waals surface area contributed by atoms with Crippen molar-refractivity contribution in [3.63, 3.8) is 0 Å². The van der Waals surface area contributed by atoms with E-state index in [1.807, 2.05) is 115 Å². The lowest BCUT2D eigenvalue weighted by Crippen LogP contribution is -2.38. The Hall–Kier alpha value is -3.81. The van der Waals surface area contributed by atoms with Gasteiger partial charge in [-0.1, -0.05) is 86.0 Å². The van der Waals surface area contributed by atoms with Gasteiger partial charge in [-0.2, -0.15) is 10.5 Å². The molecule has 0 saturated carbocycles. The Morgan fingerprint density at radius 2 is 1.07 bits per heavy atom. The number of hydrogen-bond donors (Lipinski definition) is 0. The SMILES string of the molecule is B[C@H]1C[C@@H](OC[C@H]2/C=C\CCCCCC2)[C@@H](COP(=O)(OCCC#N)O[C@@H]2C[C@H](B)O[C@@H]2COP(=O)(OCCC#N)O[C@@H]2C[C@H](B)O[C@@H]2COC(c2ccccc2)(c2ccc(OC)cc2)c2ccc(OC)cc2)O1. The summed E-state index contributed by atoms with van der Waals surface area (Å²) in [6.07, 6.45) is 8.10. The van der Waals surface area contributed by atoms with E-state index in [9.17, 15) is 19.7 Å². The number of allylic oxidation sites excluding steroid dienone is 1. The Morgan fingerprint density at radius 3 is 1.58 bits per heavy atom. The molecule has 12 atom stereocenters. The van der Waals surface area contributed by atoms with E-state index in [-0.39, 0.29) is 70.4 Å². The number of methoxy groups -OCH3 is 2. The number of benzene rings is 3. The van der Waals surface area contributed by atoms with Crippen molar-refractivity contribution >= 4 is 39.2 Å². The van der Waals surface area contributed by atoms with Crippen molar-refractivity contribution in [1.29, 1.82) is 10.5 Å². The van der Waals surface area contributed by atoms with E-state index in [1.54, 1.807) is 14.2 Å². The average molecular weight is 1060 g/mol. The first kappa shape index (κ1) is 57.9. The van der Waals surface area contributed by atoms with Crippen LogP contribution in [-0.4, -0.2) is 132 Å². The van der Waals surface area contributed by atoms with E-state index in [2.05, 4.69) is 12.2 Å². The van der Waals surface area contributed by atoms with Crippen LogP contribution in [0.5, 0.6) is 11.5 Å². The molecule has 3 heterocycles. The lowest BCUT2D eigenvalue weighted by atomic mass is 9.80. The minimum absolute atomic E-state index is 0.0318. The maximum absolute atomic E-state index is 14.8. The van der Waals surface area contributed by atoms with Crippen molar-refractivity contribution in [2.75, 3.05) is 53.9 Å². The molecule has 7 rings (SSSR count). The Morgan fingerprint density at radius 1 is 0.595 bits per heavy atom. The molecule has 74 heavy (non-hydrogen) atoms. The average Bonchev–Trinajstić information content (AvgIpc) is 4.10. The molecular weight excluding hydrogens is 987 g/mol. The van der Waals surface area contributed by atoms with Crippen LogP contribution >= 0.6 is 15.6 Å². The van der Waals surface area contributed by atoms with E-state index in [0.29, 0.717) is 36.9 Å². The molecule has 22 heteroatoms. The van der Waals surface area contributed by atoms with Crippen molar-refractivity contribution in [3.05, 3.63) is 108 Å². The van der Waals surface area contributed by atoms with Crippen LogP contribution < -0.4 is 9.47 Å². The lowest BCUT2D eigenvalue weighted by Gasteiger charge is -2.37. The van der Waals surface area contributed by atoms with Crippen molar-refractivity contribution in [3.8, 4) is 23.6 Å². The van der Waals surface area contributed by atoms with Gasteiger partial charge in [0.15, 0.2) is 0 Å². The fourth-order valence-corrected chi connectivity index (χ4v) is 12.7. The summed E-state index contributed by atoms with van der Waals surface area (Å²) in [6, 6.07) is 28.3. The summed E-state index contributed by atoms with van der Waals surface area (Å²) < 4.78 is 109. The van der Waals surface area contributed by atoms with Crippen molar-refractivity contribution in [2.24, 2.45) is 5.92 Å². The summed E-state index contributed by atoms with van der Waals surface area (Å²) in [4.78, 5) is 0. The third-order valence-corrected chi connectivity index (χ3v) is 16.7. The van der Waals surface area contributed by atoms with Crippen LogP contribution in [0.4, 0.5) is 0 Å². The van der Waals surface area contributed by atoms with Gasteiger partial charge >= 0.3 is 15.6 Å². The van der Waals surface area contributed by atoms with Gasteiger partial charge in [0.1, 0.15) is 59.0 Å². The molecule has 398 valence electrons. The number of nitrogens with zero attached hydrogens (tertiary/aromatic N) is 2. The molecule has 0 bridgehead atoms. The summed E-state index contributed by atoms with van der Waals surface area (Å²) >= 11 is 0. The zero-order valence-electron chi connectivity index (χ0n) is 43.4. The number of hydrogen-bond acceptors (Lipinski definition) is 17. The molecule has 17 nitrogen and oxygen atoms in total. The highest BCUT2D eigenvalue weighted by molar-refractivity contribution is 7.48. The van der Waals surface area contributed by atoms with Crippen molar-refractivity contribution in [2.45, 2.75) is 131 Å². The van der Waals surface area contributed by atoms with E-state index in [4.69, 9.17) is 60.3 Å². The Bertz CT molecular complexity index is 2350. The Kier molecular flexibility index (Phi) is 22.3. The van der Waals surface area contributed by atoms with Gasteiger partial charge in [0.2, 0.25) is 0 Å². The van der Waals surface area contributed by atoms with Gasteiger partial charge < -0.3 is 33.2 Å². The normalized spacial score (nSPS) is 28.4. The first-order chi connectivity index (χ1) is 35.9. The van der Waals surface area contributed by atoms with Crippen LogP contribution in [-0.2, 0) is 65.6 Å². The number of phosphoric acid groups is 2. The zero-order chi connectivity index (χ0) is 52.4. The maximum atomic E-state index is 14.8. The van der Waals surface area contributed by atoms with Crippen LogP contribution in [0.15, 0.2) is 91.0 Å². The maximum Gasteiger partial charge on any atom is 0.475 e. The van der Waals surface area contributed by atoms with Gasteiger partial charge in [-0.25, -0.2) is 9.13 Å². The summed E-state index contributed by atoms with van der Waals surface area (Å²) in [7, 11) is -0.0133. The molecule has 0 N–H and O–H groups in total. The third-order valence-electron chi connectivity index (χ3n) is 13.7. The van der Waals surface area contributed by atoms with E-state index < -0.39 is 57.8 Å². The molecule has 3 aromatic rings. The molecule has 3 fully saturated rings. The van der Waals surface area contributed by atoms with E-state index in [0.717, 1.165) is 36.0 Å². The quantitative estimate of drug-likeness (QED) is 0.0247. The Labute approximate surface area is 439 Å². The van der Waals surface area contributed by atoms with E-state index >= 15 is 0 Å². The van der Waals surface area contributed by atoms with Gasteiger partial charge in [-0.3, -0.25) is 27.1 Å². The van der Waals surface area contributed by atoms with Crippen LogP contribution in [0.25, 0.3) is 0 Å². The smallest absolute Gasteiger partial charge is 0.475 e. The third kappa shape index (κ3) is 16.1. The van der Waals surface area contributed by atoms with Crippen molar-refractivity contribution in [1.82, 2.24) is 0 Å². The molecular formula is C52H71B3N2O15P2. The van der Waals surface area contributed by atoms with Crippen LogP contribution in [0.2, 0.25) is 0 Å². The lowest BCUT2D eigenvalue weighted by molar-refractivity contribution is -0.0764. The summed E-state index contributed by atoms with van der Waals surface area (Å²) in [6.45, 7) is -0.509. The summed E-state index contributed by atoms with van der Waals surface area (Å²) in [5.74, 6) is 1.64. The number of rotatable bonds is 27. The fourth-order valence-electron chi connectivity index (χ4n) is 9.94. The second-order valence-corrected chi connectivity index (χ2v) is 22.5. The Balaban J connectivity index is 1.05. The topological polar surface area (TPSA) is 202 Å². The van der Waals surface area contributed by atoms with Gasteiger partial charge in [0, 0.05) is 23.9 Å².